The zero-order valence-corrected chi connectivity index (χ0v) is 26.2. The van der Waals surface area contributed by atoms with E-state index < -0.39 is 5.97 Å². The van der Waals surface area contributed by atoms with E-state index in [1.54, 1.807) is 0 Å². The summed E-state index contributed by atoms with van der Waals surface area (Å²) in [6.45, 7) is 10.6. The molecule has 7 heteroatoms. The molecule has 0 radical (unpaired) electrons. The van der Waals surface area contributed by atoms with E-state index in [0.717, 1.165) is 91.1 Å². The van der Waals surface area contributed by atoms with Crippen LogP contribution in [-0.2, 0) is 28.3 Å². The van der Waals surface area contributed by atoms with Gasteiger partial charge in [0.05, 0.1) is 22.8 Å². The summed E-state index contributed by atoms with van der Waals surface area (Å²) in [5, 5.41) is 9.60. The summed E-state index contributed by atoms with van der Waals surface area (Å²) in [5.74, 6) is -0.833. The molecule has 0 saturated carbocycles. The van der Waals surface area contributed by atoms with Crippen molar-refractivity contribution in [3.8, 4) is 11.1 Å². The van der Waals surface area contributed by atoms with Gasteiger partial charge in [0, 0.05) is 6.42 Å². The Balaban J connectivity index is 0.00000368. The molecule has 0 saturated heterocycles. The zero-order valence-electron chi connectivity index (χ0n) is 25.1. The minimum Gasteiger partial charge on any atom is -0.657 e. The number of allylic oxidation sites excluding steroid dienone is 4. The molecular weight excluding hydrogens is 576 g/mol. The van der Waals surface area contributed by atoms with E-state index in [2.05, 4.69) is 52.0 Å². The molecule has 5 heterocycles. The molecule has 4 aromatic rings. The largest absolute Gasteiger partial charge is 2.00 e. The molecule has 0 aliphatic carbocycles. The van der Waals surface area contributed by atoms with Gasteiger partial charge in [-0.3, -0.25) is 4.79 Å². The van der Waals surface area contributed by atoms with Crippen molar-refractivity contribution < 1.29 is 27.0 Å². The molecule has 8 bridgehead atoms. The molecular formula is C36H34FeN4O2. The number of hydrogen-bond donors (Lipinski definition) is 1. The number of aliphatic carboxylic acids is 1. The third-order valence-corrected chi connectivity index (χ3v) is 8.47. The Hall–Kier alpha value is -4.19. The van der Waals surface area contributed by atoms with Gasteiger partial charge in [-0.2, -0.15) is 0 Å². The van der Waals surface area contributed by atoms with Gasteiger partial charge in [-0.15, -0.1) is 22.1 Å². The molecule has 2 aliphatic heterocycles. The molecule has 0 amide bonds. The van der Waals surface area contributed by atoms with Gasteiger partial charge in [-0.25, -0.2) is 9.97 Å². The minimum atomic E-state index is -0.833. The fourth-order valence-electron chi connectivity index (χ4n) is 6.16. The average molecular weight is 611 g/mol. The first-order valence-electron chi connectivity index (χ1n) is 14.6. The number of carboxylic acid groups (broad SMARTS) is 1. The number of rotatable bonds is 6. The minimum absolute atomic E-state index is 0. The van der Waals surface area contributed by atoms with Crippen LogP contribution < -0.4 is 9.97 Å². The molecule has 1 N–H and O–H groups in total. The molecule has 2 aliphatic rings. The molecule has 218 valence electrons. The van der Waals surface area contributed by atoms with Crippen LogP contribution in [0.5, 0.6) is 0 Å². The first-order chi connectivity index (χ1) is 20.3. The van der Waals surface area contributed by atoms with Crippen LogP contribution in [0, 0.1) is 6.92 Å². The number of benzene rings is 1. The summed E-state index contributed by atoms with van der Waals surface area (Å²) in [4.78, 5) is 32.1. The molecule has 0 atom stereocenters. The number of carbonyl (C=O) groups is 1. The zero-order chi connectivity index (χ0) is 29.5. The number of hydrogen-bond acceptors (Lipinski definition) is 3. The Bertz CT molecular complexity index is 1960. The average Bonchev–Trinajstić information content (AvgIpc) is 3.70. The smallest absolute Gasteiger partial charge is 0.657 e. The van der Waals surface area contributed by atoms with Crippen LogP contribution in [0.25, 0.3) is 55.5 Å². The Morgan fingerprint density at radius 2 is 1.47 bits per heavy atom. The topological polar surface area (TPSA) is 91.3 Å². The van der Waals surface area contributed by atoms with Crippen LogP contribution in [0.2, 0.25) is 0 Å². The maximum Gasteiger partial charge on any atom is 2.00 e. The van der Waals surface area contributed by atoms with E-state index in [9.17, 15) is 9.90 Å². The number of nitrogens with zero attached hydrogens (tertiary/aromatic N) is 4. The summed E-state index contributed by atoms with van der Waals surface area (Å²) in [6, 6.07) is 20.4. The van der Waals surface area contributed by atoms with Crippen molar-refractivity contribution in [2.75, 3.05) is 0 Å². The van der Waals surface area contributed by atoms with E-state index in [1.807, 2.05) is 43.3 Å². The normalized spacial score (nSPS) is 13.0. The van der Waals surface area contributed by atoms with Gasteiger partial charge in [0.25, 0.3) is 0 Å². The standard InChI is InChI=1S/C36H35N4O2.Fe/c1-6-25-20(3)29-17-24-13-15-28(37-24)35(23-11-9-8-10-12-23)36-27(14-16-34(41)42)22(5)31(40-36)19-33-26(7-2)21(4)30(39-33)18-32(25)38-29;/h8-13,15,17-19H,6-7,14,16H2,1-5H3,(H2-,37,38,39,40,41,42);/q-1;+2/p-1. The van der Waals surface area contributed by atoms with Crippen LogP contribution in [-0.4, -0.2) is 21.0 Å². The maximum absolute atomic E-state index is 11.7. The quantitative estimate of drug-likeness (QED) is 0.221. The van der Waals surface area contributed by atoms with Crippen molar-refractivity contribution in [3.05, 3.63) is 94.6 Å². The third-order valence-electron chi connectivity index (χ3n) is 8.47. The number of aryl methyl sites for hydroxylation is 2. The Kier molecular flexibility index (Phi) is 8.59. The summed E-state index contributed by atoms with van der Waals surface area (Å²) in [7, 11) is 0. The van der Waals surface area contributed by atoms with Crippen LogP contribution in [0.15, 0.2) is 60.7 Å². The molecule has 3 aromatic heterocycles. The van der Waals surface area contributed by atoms with E-state index in [0.29, 0.717) is 6.42 Å². The Morgan fingerprint density at radius 3 is 2.16 bits per heavy atom. The molecule has 6 nitrogen and oxygen atoms in total. The van der Waals surface area contributed by atoms with E-state index in [-0.39, 0.29) is 23.5 Å². The van der Waals surface area contributed by atoms with Crippen molar-refractivity contribution in [1.82, 2.24) is 19.9 Å². The van der Waals surface area contributed by atoms with Crippen molar-refractivity contribution in [1.29, 1.82) is 0 Å². The van der Waals surface area contributed by atoms with E-state index >= 15 is 0 Å². The Morgan fingerprint density at radius 1 is 0.767 bits per heavy atom. The summed E-state index contributed by atoms with van der Waals surface area (Å²) >= 11 is 0. The van der Waals surface area contributed by atoms with Crippen LogP contribution >= 0.6 is 0 Å². The van der Waals surface area contributed by atoms with Gasteiger partial charge in [0.2, 0.25) is 0 Å². The molecule has 0 unspecified atom stereocenters. The summed E-state index contributed by atoms with van der Waals surface area (Å²) in [6.07, 6.45) is 2.11. The van der Waals surface area contributed by atoms with Gasteiger partial charge in [0.15, 0.2) is 0 Å². The fraction of sp³-hybridized carbons (Fsp3) is 0.250. The molecule has 0 fully saturated rings. The van der Waals surface area contributed by atoms with Gasteiger partial charge in [-0.05, 0) is 73.5 Å². The second-order valence-electron chi connectivity index (χ2n) is 11.0. The van der Waals surface area contributed by atoms with E-state index in [1.165, 1.54) is 11.1 Å². The Labute approximate surface area is 262 Å². The number of fused-ring (bicyclic) bond motifs is 8. The fourth-order valence-corrected chi connectivity index (χ4v) is 6.16. The SMILES string of the molecule is CCC1=C(C)c2cc3ccc([n-]3)c(-c3ccccc3)c3nc(cc4[n-]c(cc1n2)c(C)c4CC)C(C)=C3CCC(=O)O.[Fe+2]. The second-order valence-corrected chi connectivity index (χ2v) is 11.0. The summed E-state index contributed by atoms with van der Waals surface area (Å²) < 4.78 is 0. The third kappa shape index (κ3) is 5.51. The predicted molar refractivity (Wildman–Crippen MR) is 171 cm³/mol. The van der Waals surface area contributed by atoms with Crippen LogP contribution in [0.4, 0.5) is 0 Å². The van der Waals surface area contributed by atoms with Gasteiger partial charge in [0.1, 0.15) is 0 Å². The van der Waals surface area contributed by atoms with Crippen LogP contribution in [0.3, 0.4) is 0 Å². The van der Waals surface area contributed by atoms with Gasteiger partial charge >= 0.3 is 23.0 Å². The van der Waals surface area contributed by atoms with Gasteiger partial charge < -0.3 is 15.1 Å². The first-order valence-corrected chi connectivity index (χ1v) is 14.6. The maximum atomic E-state index is 11.7. The molecule has 0 spiro atoms. The monoisotopic (exact) mass is 610 g/mol. The van der Waals surface area contributed by atoms with Crippen molar-refractivity contribution in [3.63, 3.8) is 0 Å². The second kappa shape index (κ2) is 12.2. The first kappa shape index (κ1) is 30.3. The summed E-state index contributed by atoms with van der Waals surface area (Å²) in [5.41, 5.74) is 15.4. The van der Waals surface area contributed by atoms with Crippen molar-refractivity contribution in [2.45, 2.75) is 60.3 Å². The van der Waals surface area contributed by atoms with E-state index in [4.69, 9.17) is 19.9 Å². The van der Waals surface area contributed by atoms with Crippen LogP contribution in [0.1, 0.15) is 80.9 Å². The number of carboxylic acids is 1. The predicted octanol–water partition coefficient (Wildman–Crippen LogP) is 8.24. The molecule has 1 aromatic carbocycles. The number of aromatic nitrogens is 4. The molecule has 43 heavy (non-hydrogen) atoms. The van der Waals surface area contributed by atoms with Crippen molar-refractivity contribution in [2.24, 2.45) is 0 Å². The molecule has 6 rings (SSSR count). The van der Waals surface area contributed by atoms with Crippen molar-refractivity contribution >= 4 is 50.3 Å². The van der Waals surface area contributed by atoms with Gasteiger partial charge in [-0.1, -0.05) is 85.6 Å².